The SMILES string of the molecule is Nc1cc2c(ncn2[C@@H]2O[C@H](CO)C[C@@H]2O)c(=O)[nH]1. The average Bonchev–Trinajstić information content (AvgIpc) is 2.92. The van der Waals surface area contributed by atoms with Crippen molar-refractivity contribution >= 4 is 16.9 Å². The first-order valence-electron chi connectivity index (χ1n) is 5.90. The van der Waals surface area contributed by atoms with E-state index in [-0.39, 0.29) is 23.5 Å². The minimum Gasteiger partial charge on any atom is -0.394 e. The van der Waals surface area contributed by atoms with Crippen LogP contribution in [0.25, 0.3) is 11.0 Å². The zero-order valence-electron chi connectivity index (χ0n) is 9.98. The lowest BCUT2D eigenvalue weighted by Gasteiger charge is -2.16. The molecule has 5 N–H and O–H groups in total. The third-order valence-electron chi connectivity index (χ3n) is 3.24. The lowest BCUT2D eigenvalue weighted by atomic mass is 10.2. The summed E-state index contributed by atoms with van der Waals surface area (Å²) in [6, 6.07) is 1.56. The van der Waals surface area contributed by atoms with E-state index in [1.165, 1.54) is 6.33 Å². The molecule has 3 rings (SSSR count). The second-order valence-electron chi connectivity index (χ2n) is 4.57. The number of hydrogen-bond acceptors (Lipinski definition) is 6. The van der Waals surface area contributed by atoms with E-state index in [1.54, 1.807) is 10.6 Å². The van der Waals surface area contributed by atoms with Gasteiger partial charge in [0.05, 0.1) is 24.6 Å². The largest absolute Gasteiger partial charge is 0.394 e. The summed E-state index contributed by atoms with van der Waals surface area (Å²) in [5, 5.41) is 19.0. The zero-order valence-corrected chi connectivity index (χ0v) is 9.98. The summed E-state index contributed by atoms with van der Waals surface area (Å²) < 4.78 is 7.08. The van der Waals surface area contributed by atoms with Crippen LogP contribution in [0.3, 0.4) is 0 Å². The van der Waals surface area contributed by atoms with Gasteiger partial charge in [-0.3, -0.25) is 4.79 Å². The van der Waals surface area contributed by atoms with Gasteiger partial charge in [-0.1, -0.05) is 0 Å². The van der Waals surface area contributed by atoms with Gasteiger partial charge in [0, 0.05) is 12.5 Å². The van der Waals surface area contributed by atoms with Crippen molar-refractivity contribution in [1.82, 2.24) is 14.5 Å². The molecule has 0 amide bonds. The molecule has 8 nitrogen and oxygen atoms in total. The number of nitrogen functional groups attached to an aromatic ring is 1. The van der Waals surface area contributed by atoms with Gasteiger partial charge in [-0.2, -0.15) is 0 Å². The minimum atomic E-state index is -0.768. The molecule has 0 radical (unpaired) electrons. The summed E-state index contributed by atoms with van der Waals surface area (Å²) in [6.45, 7) is -0.164. The number of hydrogen-bond donors (Lipinski definition) is 4. The van der Waals surface area contributed by atoms with Gasteiger partial charge in [0.15, 0.2) is 11.7 Å². The van der Waals surface area contributed by atoms with Gasteiger partial charge < -0.3 is 30.2 Å². The second-order valence-corrected chi connectivity index (χ2v) is 4.57. The highest BCUT2D eigenvalue weighted by molar-refractivity contribution is 5.76. The Balaban J connectivity index is 2.09. The van der Waals surface area contributed by atoms with Crippen LogP contribution in [0.1, 0.15) is 12.6 Å². The van der Waals surface area contributed by atoms with Crippen LogP contribution in [0.4, 0.5) is 5.82 Å². The van der Waals surface area contributed by atoms with Gasteiger partial charge in [-0.05, 0) is 0 Å². The van der Waals surface area contributed by atoms with E-state index in [0.717, 1.165) is 0 Å². The molecule has 3 atom stereocenters. The first-order chi connectivity index (χ1) is 9.10. The molecule has 0 unspecified atom stereocenters. The number of H-pyrrole nitrogens is 1. The van der Waals surface area contributed by atoms with Gasteiger partial charge in [-0.25, -0.2) is 4.98 Å². The molecule has 102 valence electrons. The fourth-order valence-electron chi connectivity index (χ4n) is 2.36. The predicted molar refractivity (Wildman–Crippen MR) is 66.4 cm³/mol. The van der Waals surface area contributed by atoms with Crippen molar-refractivity contribution in [3.63, 3.8) is 0 Å². The van der Waals surface area contributed by atoms with Gasteiger partial charge in [0.1, 0.15) is 11.9 Å². The van der Waals surface area contributed by atoms with Crippen LogP contribution in [0.5, 0.6) is 0 Å². The van der Waals surface area contributed by atoms with Gasteiger partial charge >= 0.3 is 0 Å². The Morgan fingerprint density at radius 2 is 2.42 bits per heavy atom. The summed E-state index contributed by atoms with van der Waals surface area (Å²) in [7, 11) is 0. The number of nitrogens with one attached hydrogen (secondary N) is 1. The van der Waals surface area contributed by atoms with Crippen molar-refractivity contribution in [2.24, 2.45) is 0 Å². The summed E-state index contributed by atoms with van der Waals surface area (Å²) in [4.78, 5) is 18.1. The molecule has 3 heterocycles. The molecular weight excluding hydrogens is 252 g/mol. The standard InChI is InChI=1S/C11H14N4O4/c12-8-2-6-9(10(18)14-8)13-4-15(6)11-7(17)1-5(3-16)19-11/h2,4-5,7,11,16-17H,1,3H2,(H3,12,14,18)/t5-,7-,11+/m0/s1. The summed E-state index contributed by atoms with van der Waals surface area (Å²) >= 11 is 0. The van der Waals surface area contributed by atoms with Crippen molar-refractivity contribution in [2.45, 2.75) is 24.9 Å². The average molecular weight is 266 g/mol. The molecule has 1 fully saturated rings. The fourth-order valence-corrected chi connectivity index (χ4v) is 2.36. The molecular formula is C11H14N4O4. The highest BCUT2D eigenvalue weighted by Gasteiger charge is 2.35. The first-order valence-corrected chi connectivity index (χ1v) is 5.90. The van der Waals surface area contributed by atoms with Gasteiger partial charge in [-0.15, -0.1) is 0 Å². The maximum Gasteiger partial charge on any atom is 0.277 e. The monoisotopic (exact) mass is 266 g/mol. The van der Waals surface area contributed by atoms with Crippen molar-refractivity contribution < 1.29 is 14.9 Å². The lowest BCUT2D eigenvalue weighted by molar-refractivity contribution is -0.0484. The molecule has 0 aromatic carbocycles. The minimum absolute atomic E-state index is 0.164. The summed E-state index contributed by atoms with van der Waals surface area (Å²) in [5.41, 5.74) is 5.93. The Morgan fingerprint density at radius 3 is 3.11 bits per heavy atom. The topological polar surface area (TPSA) is 126 Å². The molecule has 1 aliphatic rings. The third kappa shape index (κ3) is 1.89. The number of aliphatic hydroxyl groups is 2. The van der Waals surface area contributed by atoms with Crippen LogP contribution in [-0.4, -0.2) is 43.6 Å². The molecule has 8 heteroatoms. The number of nitrogens with two attached hydrogens (primary N) is 1. The highest BCUT2D eigenvalue weighted by Crippen LogP contribution is 2.30. The van der Waals surface area contributed by atoms with E-state index in [1.807, 2.05) is 0 Å². The molecule has 0 saturated carbocycles. The van der Waals surface area contributed by atoms with E-state index in [0.29, 0.717) is 11.9 Å². The van der Waals surface area contributed by atoms with Crippen molar-refractivity contribution in [2.75, 3.05) is 12.3 Å². The number of anilines is 1. The van der Waals surface area contributed by atoms with Crippen LogP contribution in [0, 0.1) is 0 Å². The van der Waals surface area contributed by atoms with E-state index < -0.39 is 18.4 Å². The highest BCUT2D eigenvalue weighted by atomic mass is 16.5. The summed E-state index contributed by atoms with van der Waals surface area (Å²) in [6.07, 6.45) is -0.109. The van der Waals surface area contributed by atoms with E-state index >= 15 is 0 Å². The molecule has 1 aliphatic heterocycles. The number of imidazole rings is 1. The number of nitrogens with zero attached hydrogens (tertiary/aromatic N) is 2. The number of pyridine rings is 1. The number of ether oxygens (including phenoxy) is 1. The fraction of sp³-hybridized carbons (Fsp3) is 0.455. The molecule has 2 aromatic rings. The Labute approximate surface area is 107 Å². The van der Waals surface area contributed by atoms with Crippen LogP contribution < -0.4 is 11.3 Å². The van der Waals surface area contributed by atoms with Crippen LogP contribution >= 0.6 is 0 Å². The zero-order chi connectivity index (χ0) is 13.6. The van der Waals surface area contributed by atoms with Gasteiger partial charge in [0.2, 0.25) is 0 Å². The second kappa shape index (κ2) is 4.34. The maximum absolute atomic E-state index is 11.7. The van der Waals surface area contributed by atoms with Crippen molar-refractivity contribution in [1.29, 1.82) is 0 Å². The lowest BCUT2D eigenvalue weighted by Crippen LogP contribution is -2.19. The molecule has 19 heavy (non-hydrogen) atoms. The normalized spacial score (nSPS) is 27.2. The smallest absolute Gasteiger partial charge is 0.277 e. The van der Waals surface area contributed by atoms with Crippen LogP contribution in [0.2, 0.25) is 0 Å². The first kappa shape index (κ1) is 12.2. The van der Waals surface area contributed by atoms with E-state index in [4.69, 9.17) is 15.6 Å². The van der Waals surface area contributed by atoms with Crippen LogP contribution in [0.15, 0.2) is 17.2 Å². The Hall–Kier alpha value is -1.90. The van der Waals surface area contributed by atoms with Crippen molar-refractivity contribution in [3.05, 3.63) is 22.7 Å². The third-order valence-corrected chi connectivity index (χ3v) is 3.24. The number of fused-ring (bicyclic) bond motifs is 1. The number of rotatable bonds is 2. The van der Waals surface area contributed by atoms with Gasteiger partial charge in [0.25, 0.3) is 5.56 Å². The Bertz CT molecular complexity index is 664. The molecule has 0 bridgehead atoms. The molecule has 0 spiro atoms. The van der Waals surface area contributed by atoms with E-state index in [9.17, 15) is 9.90 Å². The molecule has 2 aromatic heterocycles. The maximum atomic E-state index is 11.7. The summed E-state index contributed by atoms with van der Waals surface area (Å²) in [5.74, 6) is 0.213. The number of aromatic amines is 1. The Kier molecular flexibility index (Phi) is 2.77. The van der Waals surface area contributed by atoms with Crippen LogP contribution in [-0.2, 0) is 4.74 Å². The van der Waals surface area contributed by atoms with Crippen molar-refractivity contribution in [3.8, 4) is 0 Å². The molecule has 0 aliphatic carbocycles. The predicted octanol–water partition coefficient (Wildman–Crippen LogP) is -1.05. The quantitative estimate of drug-likeness (QED) is 0.549. The Morgan fingerprint density at radius 1 is 1.63 bits per heavy atom. The molecule has 1 saturated heterocycles. The van der Waals surface area contributed by atoms with E-state index in [2.05, 4.69) is 9.97 Å². The number of aliphatic hydroxyl groups excluding tert-OH is 2. The number of aromatic nitrogens is 3.